The fourth-order valence-corrected chi connectivity index (χ4v) is 1.53. The summed E-state index contributed by atoms with van der Waals surface area (Å²) in [6.07, 6.45) is 2.34. The van der Waals surface area contributed by atoms with E-state index in [0.717, 1.165) is 13.1 Å². The molecular weight excluding hydrogens is 204 g/mol. The molecular formula is C11H24N4O. The zero-order valence-corrected chi connectivity index (χ0v) is 10.6. The van der Waals surface area contributed by atoms with E-state index < -0.39 is 0 Å². The molecule has 5 nitrogen and oxygen atoms in total. The van der Waals surface area contributed by atoms with Crippen LogP contribution in [0, 0.1) is 0 Å². The van der Waals surface area contributed by atoms with Gasteiger partial charge in [-0.2, -0.15) is 0 Å². The van der Waals surface area contributed by atoms with Crippen molar-refractivity contribution in [2.75, 3.05) is 40.8 Å². The predicted octanol–water partition coefficient (Wildman–Crippen LogP) is -0.914. The molecule has 94 valence electrons. The molecule has 16 heavy (non-hydrogen) atoms. The molecule has 0 aromatic rings. The number of rotatable bonds is 8. The molecule has 5 heteroatoms. The largest absolute Gasteiger partial charge is 0.368 e. The molecule has 0 aromatic heterocycles. The highest BCUT2D eigenvalue weighted by Crippen LogP contribution is 2.19. The quantitative estimate of drug-likeness (QED) is 0.564. The molecule has 0 radical (unpaired) electrons. The van der Waals surface area contributed by atoms with Gasteiger partial charge in [0.15, 0.2) is 0 Å². The third-order valence-corrected chi connectivity index (χ3v) is 2.78. The standard InChI is InChI=1S/C11H24N4O/c1-14(2)6-7-15(3)8-10(11(12)16)13-9-4-5-9/h9-10,13H,4-8H2,1-3H3,(H2,12,16). The highest BCUT2D eigenvalue weighted by Gasteiger charge is 2.27. The van der Waals surface area contributed by atoms with Crippen molar-refractivity contribution in [3.63, 3.8) is 0 Å². The number of nitrogens with two attached hydrogens (primary N) is 1. The number of likely N-dealkylation sites (N-methyl/N-ethyl adjacent to an activating group) is 2. The average Bonchev–Trinajstić information content (AvgIpc) is 2.97. The third kappa shape index (κ3) is 5.44. The zero-order chi connectivity index (χ0) is 12.1. The monoisotopic (exact) mass is 228 g/mol. The number of nitrogens with one attached hydrogen (secondary N) is 1. The summed E-state index contributed by atoms with van der Waals surface area (Å²) in [6.45, 7) is 2.63. The summed E-state index contributed by atoms with van der Waals surface area (Å²) in [4.78, 5) is 15.5. The highest BCUT2D eigenvalue weighted by atomic mass is 16.1. The molecule has 0 aliphatic heterocycles. The molecule has 1 aliphatic rings. The average molecular weight is 228 g/mol. The second-order valence-corrected chi connectivity index (χ2v) is 4.96. The van der Waals surface area contributed by atoms with Crippen LogP contribution in [-0.4, -0.2) is 68.6 Å². The topological polar surface area (TPSA) is 61.6 Å². The Balaban J connectivity index is 2.26. The maximum Gasteiger partial charge on any atom is 0.235 e. The van der Waals surface area contributed by atoms with E-state index in [0.29, 0.717) is 12.6 Å². The van der Waals surface area contributed by atoms with Crippen molar-refractivity contribution in [1.29, 1.82) is 0 Å². The van der Waals surface area contributed by atoms with Gasteiger partial charge in [-0.1, -0.05) is 0 Å². The Kier molecular flexibility index (Phi) is 5.18. The molecule has 1 unspecified atom stereocenters. The lowest BCUT2D eigenvalue weighted by molar-refractivity contribution is -0.120. The maximum absolute atomic E-state index is 11.3. The number of nitrogens with zero attached hydrogens (tertiary/aromatic N) is 2. The lowest BCUT2D eigenvalue weighted by Gasteiger charge is -2.24. The van der Waals surface area contributed by atoms with Crippen LogP contribution in [0.1, 0.15) is 12.8 Å². The van der Waals surface area contributed by atoms with E-state index in [1.165, 1.54) is 12.8 Å². The van der Waals surface area contributed by atoms with Crippen molar-refractivity contribution >= 4 is 5.91 Å². The molecule has 0 bridgehead atoms. The molecule has 1 fully saturated rings. The van der Waals surface area contributed by atoms with E-state index in [2.05, 4.69) is 15.1 Å². The molecule has 1 amide bonds. The van der Waals surface area contributed by atoms with Crippen LogP contribution in [0.5, 0.6) is 0 Å². The van der Waals surface area contributed by atoms with Crippen LogP contribution in [0.4, 0.5) is 0 Å². The first-order chi connectivity index (χ1) is 7.49. The normalized spacial score (nSPS) is 18.1. The van der Waals surface area contributed by atoms with Crippen LogP contribution in [-0.2, 0) is 4.79 Å². The van der Waals surface area contributed by atoms with Crippen molar-refractivity contribution in [2.24, 2.45) is 5.73 Å². The lowest BCUT2D eigenvalue weighted by atomic mass is 10.2. The minimum Gasteiger partial charge on any atom is -0.368 e. The first kappa shape index (κ1) is 13.4. The molecule has 1 saturated carbocycles. The van der Waals surface area contributed by atoms with Gasteiger partial charge in [0.1, 0.15) is 0 Å². The predicted molar refractivity (Wildman–Crippen MR) is 65.2 cm³/mol. The van der Waals surface area contributed by atoms with Crippen LogP contribution in [0.2, 0.25) is 0 Å². The van der Waals surface area contributed by atoms with Gasteiger partial charge in [-0.15, -0.1) is 0 Å². The van der Waals surface area contributed by atoms with Gasteiger partial charge in [-0.05, 0) is 34.0 Å². The smallest absolute Gasteiger partial charge is 0.235 e. The van der Waals surface area contributed by atoms with Crippen molar-refractivity contribution < 1.29 is 4.79 Å². The summed E-state index contributed by atoms with van der Waals surface area (Å²) in [5.74, 6) is -0.247. The van der Waals surface area contributed by atoms with E-state index in [1.54, 1.807) is 0 Å². The first-order valence-electron chi connectivity index (χ1n) is 5.87. The number of carbonyl (C=O) groups is 1. The minimum atomic E-state index is -0.247. The van der Waals surface area contributed by atoms with Crippen LogP contribution >= 0.6 is 0 Å². The fraction of sp³-hybridized carbons (Fsp3) is 0.909. The SMILES string of the molecule is CN(C)CCN(C)CC(NC1CC1)C(N)=O. The maximum atomic E-state index is 11.3. The molecule has 0 heterocycles. The fourth-order valence-electron chi connectivity index (χ4n) is 1.53. The van der Waals surface area contributed by atoms with Gasteiger partial charge in [0.25, 0.3) is 0 Å². The Hall–Kier alpha value is -0.650. The van der Waals surface area contributed by atoms with Gasteiger partial charge in [0.2, 0.25) is 5.91 Å². The second kappa shape index (κ2) is 6.18. The Morgan fingerprint density at radius 3 is 2.44 bits per heavy atom. The number of carbonyl (C=O) groups excluding carboxylic acids is 1. The Bertz CT molecular complexity index is 228. The lowest BCUT2D eigenvalue weighted by Crippen LogP contribution is -2.49. The second-order valence-electron chi connectivity index (χ2n) is 4.96. The summed E-state index contributed by atoms with van der Waals surface area (Å²) in [7, 11) is 6.11. The van der Waals surface area contributed by atoms with Crippen molar-refractivity contribution in [3.8, 4) is 0 Å². The van der Waals surface area contributed by atoms with Crippen LogP contribution in [0.25, 0.3) is 0 Å². The Morgan fingerprint density at radius 1 is 1.38 bits per heavy atom. The summed E-state index contributed by atoms with van der Waals surface area (Å²) in [5, 5.41) is 3.28. The van der Waals surface area contributed by atoms with Crippen LogP contribution in [0.3, 0.4) is 0 Å². The van der Waals surface area contributed by atoms with E-state index in [9.17, 15) is 4.79 Å². The summed E-state index contributed by atoms with van der Waals surface area (Å²) >= 11 is 0. The molecule has 1 atom stereocenters. The molecule has 1 aliphatic carbocycles. The number of amides is 1. The first-order valence-corrected chi connectivity index (χ1v) is 5.87. The van der Waals surface area contributed by atoms with Gasteiger partial charge in [-0.3, -0.25) is 4.79 Å². The Morgan fingerprint density at radius 2 is 2.00 bits per heavy atom. The van der Waals surface area contributed by atoms with Gasteiger partial charge >= 0.3 is 0 Å². The van der Waals surface area contributed by atoms with Gasteiger partial charge < -0.3 is 20.9 Å². The van der Waals surface area contributed by atoms with Crippen molar-refractivity contribution in [2.45, 2.75) is 24.9 Å². The molecule has 0 saturated heterocycles. The minimum absolute atomic E-state index is 0.209. The number of hydrogen-bond donors (Lipinski definition) is 2. The van der Waals surface area contributed by atoms with E-state index >= 15 is 0 Å². The molecule has 0 spiro atoms. The molecule has 3 N–H and O–H groups in total. The van der Waals surface area contributed by atoms with Gasteiger partial charge in [-0.25, -0.2) is 0 Å². The van der Waals surface area contributed by atoms with E-state index in [4.69, 9.17) is 5.73 Å². The summed E-state index contributed by atoms with van der Waals surface area (Å²) < 4.78 is 0. The Labute approximate surface area is 98.0 Å². The van der Waals surface area contributed by atoms with E-state index in [-0.39, 0.29) is 11.9 Å². The zero-order valence-electron chi connectivity index (χ0n) is 10.6. The van der Waals surface area contributed by atoms with Crippen molar-refractivity contribution in [3.05, 3.63) is 0 Å². The summed E-state index contributed by atoms with van der Waals surface area (Å²) in [6, 6.07) is 0.305. The van der Waals surface area contributed by atoms with Crippen LogP contribution < -0.4 is 11.1 Å². The number of primary amides is 1. The van der Waals surface area contributed by atoms with Gasteiger partial charge in [0.05, 0.1) is 6.04 Å². The molecule has 1 rings (SSSR count). The van der Waals surface area contributed by atoms with E-state index in [1.807, 2.05) is 21.1 Å². The molecule has 0 aromatic carbocycles. The number of hydrogen-bond acceptors (Lipinski definition) is 4. The summed E-state index contributed by atoms with van der Waals surface area (Å²) in [5.41, 5.74) is 5.38. The van der Waals surface area contributed by atoms with Crippen LogP contribution in [0.15, 0.2) is 0 Å². The highest BCUT2D eigenvalue weighted by molar-refractivity contribution is 5.80. The van der Waals surface area contributed by atoms with Gasteiger partial charge in [0, 0.05) is 25.7 Å². The third-order valence-electron chi connectivity index (χ3n) is 2.78. The van der Waals surface area contributed by atoms with Crippen molar-refractivity contribution in [1.82, 2.24) is 15.1 Å².